The summed E-state index contributed by atoms with van der Waals surface area (Å²) in [5.41, 5.74) is 3.71. The Morgan fingerprint density at radius 1 is 1.16 bits per heavy atom. The Labute approximate surface area is 174 Å². The van der Waals surface area contributed by atoms with Crippen molar-refractivity contribution in [1.82, 2.24) is 0 Å². The maximum atomic E-state index is 6.14. The Morgan fingerprint density at radius 2 is 1.96 bits per heavy atom. The van der Waals surface area contributed by atoms with Gasteiger partial charge in [-0.3, -0.25) is 0 Å². The van der Waals surface area contributed by atoms with E-state index in [1.54, 1.807) is 11.8 Å². The molecule has 1 aliphatic heterocycles. The lowest BCUT2D eigenvalue weighted by Gasteiger charge is -2.13. The average Bonchev–Trinajstić information content (AvgIpc) is 2.90. The summed E-state index contributed by atoms with van der Waals surface area (Å²) >= 11 is 7.90. The van der Waals surface area contributed by atoms with Crippen LogP contribution < -0.4 is 33.4 Å². The minimum absolute atomic E-state index is 0. The third kappa shape index (κ3) is 3.39. The quantitative estimate of drug-likeness (QED) is 0.411. The van der Waals surface area contributed by atoms with E-state index >= 15 is 0 Å². The van der Waals surface area contributed by atoms with Gasteiger partial charge < -0.3 is 28.9 Å². The highest BCUT2D eigenvalue weighted by Gasteiger charge is 2.22. The predicted octanol–water partition coefficient (Wildman–Crippen LogP) is 2.35. The Balaban J connectivity index is 0.00000182. The zero-order valence-electron chi connectivity index (χ0n) is 14.0. The third-order valence-electron chi connectivity index (χ3n) is 4.41. The van der Waals surface area contributed by atoms with E-state index in [4.69, 9.17) is 11.6 Å². The maximum absolute atomic E-state index is 6.14. The second-order valence-electron chi connectivity index (χ2n) is 5.83. The van der Waals surface area contributed by atoms with Gasteiger partial charge in [0, 0.05) is 29.1 Å². The van der Waals surface area contributed by atoms with Gasteiger partial charge in [-0.25, -0.2) is 0 Å². The van der Waals surface area contributed by atoms with Crippen LogP contribution in [0.4, 0.5) is 5.69 Å². The van der Waals surface area contributed by atoms with E-state index in [-0.39, 0.29) is 24.0 Å². The predicted molar refractivity (Wildman–Crippen MR) is 104 cm³/mol. The van der Waals surface area contributed by atoms with E-state index in [0.717, 1.165) is 11.6 Å². The number of aryl methyl sites for hydroxylation is 1. The van der Waals surface area contributed by atoms with Crippen LogP contribution >= 0.6 is 23.4 Å². The van der Waals surface area contributed by atoms with E-state index in [1.165, 1.54) is 32.1 Å². The van der Waals surface area contributed by atoms with Crippen LogP contribution in [0.1, 0.15) is 12.5 Å². The minimum atomic E-state index is 0. The number of pyridine rings is 1. The first-order chi connectivity index (χ1) is 11.7. The lowest BCUT2D eigenvalue weighted by Crippen LogP contribution is -3.00. The number of anilines is 1. The van der Waals surface area contributed by atoms with Crippen LogP contribution in [0.3, 0.4) is 0 Å². The summed E-state index contributed by atoms with van der Waals surface area (Å²) < 4.78 is 2.28. The van der Waals surface area contributed by atoms with E-state index in [0.29, 0.717) is 0 Å². The van der Waals surface area contributed by atoms with Gasteiger partial charge in [0.25, 0.3) is 0 Å². The molecule has 0 bridgehead atoms. The normalized spacial score (nSPS) is 14.7. The standard InChI is InChI=1S/C20H18ClN2S.HI/c1-3-23-11-10-14(16-6-4-5-7-17(16)23)12-20-22(2)18-9-8-15(21)13-19(18)24-20;/h4-13H,3H2,1-2H3;1H/q+1;/p-1. The van der Waals surface area contributed by atoms with Crippen LogP contribution in [0.2, 0.25) is 5.02 Å². The Hall–Kier alpha value is -1.24. The number of thioether (sulfide) groups is 1. The number of fused-ring (bicyclic) bond motifs is 2. The van der Waals surface area contributed by atoms with Gasteiger partial charge in [0.2, 0.25) is 5.52 Å². The molecule has 0 fully saturated rings. The molecule has 0 radical (unpaired) electrons. The average molecular weight is 481 g/mol. The molecule has 0 N–H and O–H groups in total. The second-order valence-corrected chi connectivity index (χ2v) is 7.33. The van der Waals surface area contributed by atoms with Crippen molar-refractivity contribution in [2.75, 3.05) is 11.9 Å². The van der Waals surface area contributed by atoms with Gasteiger partial charge in [-0.05, 0) is 42.8 Å². The number of hydrogen-bond donors (Lipinski definition) is 0. The molecule has 4 rings (SSSR count). The number of hydrogen-bond acceptors (Lipinski definition) is 2. The monoisotopic (exact) mass is 480 g/mol. The first kappa shape index (κ1) is 18.5. The summed E-state index contributed by atoms with van der Waals surface area (Å²) in [6, 6.07) is 16.8. The van der Waals surface area contributed by atoms with E-state index < -0.39 is 0 Å². The van der Waals surface area contributed by atoms with Crippen LogP contribution in [0.5, 0.6) is 0 Å². The summed E-state index contributed by atoms with van der Waals surface area (Å²) in [4.78, 5) is 3.44. The van der Waals surface area contributed by atoms with Gasteiger partial charge in [-0.15, -0.1) is 0 Å². The van der Waals surface area contributed by atoms with Crippen molar-refractivity contribution < 1.29 is 28.5 Å². The number of aromatic nitrogens is 1. The van der Waals surface area contributed by atoms with Gasteiger partial charge >= 0.3 is 0 Å². The zero-order chi connectivity index (χ0) is 16.7. The summed E-state index contributed by atoms with van der Waals surface area (Å²) in [6.07, 6.45) is 4.43. The smallest absolute Gasteiger partial charge is 0.213 e. The van der Waals surface area contributed by atoms with Crippen LogP contribution in [0.15, 0.2) is 64.7 Å². The molecule has 0 amide bonds. The van der Waals surface area contributed by atoms with Crippen molar-refractivity contribution in [3.63, 3.8) is 0 Å². The number of rotatable bonds is 2. The van der Waals surface area contributed by atoms with Gasteiger partial charge in [0.1, 0.15) is 6.54 Å². The van der Waals surface area contributed by atoms with Crippen LogP contribution in [0.25, 0.3) is 17.0 Å². The number of halogens is 2. The van der Waals surface area contributed by atoms with Crippen LogP contribution in [-0.2, 0) is 6.54 Å². The van der Waals surface area contributed by atoms with Crippen molar-refractivity contribution in [3.05, 3.63) is 70.3 Å². The second kappa shape index (κ2) is 7.56. The van der Waals surface area contributed by atoms with Gasteiger partial charge in [0.05, 0.1) is 16.1 Å². The highest BCUT2D eigenvalue weighted by molar-refractivity contribution is 8.03. The van der Waals surface area contributed by atoms with Crippen molar-refractivity contribution in [3.8, 4) is 0 Å². The number of nitrogens with zero attached hydrogens (tertiary/aromatic N) is 2. The van der Waals surface area contributed by atoms with Gasteiger partial charge in [-0.1, -0.05) is 35.5 Å². The van der Waals surface area contributed by atoms with Gasteiger partial charge in [0.15, 0.2) is 6.20 Å². The number of benzene rings is 2. The Kier molecular flexibility index (Phi) is 5.61. The highest BCUT2D eigenvalue weighted by atomic mass is 127. The molecule has 0 aliphatic carbocycles. The van der Waals surface area contributed by atoms with E-state index in [2.05, 4.69) is 72.1 Å². The van der Waals surface area contributed by atoms with Crippen molar-refractivity contribution in [1.29, 1.82) is 0 Å². The first-order valence-electron chi connectivity index (χ1n) is 8.01. The van der Waals surface area contributed by atoms with Crippen LogP contribution in [0, 0.1) is 0 Å². The summed E-state index contributed by atoms with van der Waals surface area (Å²) in [5.74, 6) is 0. The number of para-hydroxylation sites is 1. The molecule has 2 heterocycles. The molecule has 1 aromatic heterocycles. The molecule has 25 heavy (non-hydrogen) atoms. The molecule has 128 valence electrons. The summed E-state index contributed by atoms with van der Waals surface area (Å²) in [5, 5.41) is 3.27. The molecule has 0 atom stereocenters. The summed E-state index contributed by atoms with van der Waals surface area (Å²) in [6.45, 7) is 3.14. The molecular weight excluding hydrogens is 463 g/mol. The molecule has 5 heteroatoms. The molecule has 2 nitrogen and oxygen atoms in total. The largest absolute Gasteiger partial charge is 1.00 e. The Bertz CT molecular complexity index is 971. The van der Waals surface area contributed by atoms with Crippen molar-refractivity contribution in [2.45, 2.75) is 18.4 Å². The highest BCUT2D eigenvalue weighted by Crippen LogP contribution is 2.46. The molecular formula is C20H18ClIN2S. The first-order valence-corrected chi connectivity index (χ1v) is 9.21. The topological polar surface area (TPSA) is 7.12 Å². The lowest BCUT2D eigenvalue weighted by molar-refractivity contribution is -0.667. The van der Waals surface area contributed by atoms with Crippen LogP contribution in [-0.4, -0.2) is 7.05 Å². The molecule has 0 saturated heterocycles. The van der Waals surface area contributed by atoms with Gasteiger partial charge in [-0.2, -0.15) is 4.57 Å². The fraction of sp³-hybridized carbons (Fsp3) is 0.150. The molecule has 0 saturated carbocycles. The van der Waals surface area contributed by atoms with Crippen molar-refractivity contribution in [2.24, 2.45) is 0 Å². The molecule has 2 aromatic carbocycles. The third-order valence-corrected chi connectivity index (χ3v) is 5.79. The Morgan fingerprint density at radius 3 is 2.76 bits per heavy atom. The summed E-state index contributed by atoms with van der Waals surface area (Å²) in [7, 11) is 2.11. The van der Waals surface area contributed by atoms with E-state index in [9.17, 15) is 0 Å². The fourth-order valence-corrected chi connectivity index (χ4v) is 4.49. The SMILES string of the molecule is CC[n+]1ccc(/C=C2\Sc3cc(Cl)ccc3N2C)c2ccccc21.[I-]. The maximum Gasteiger partial charge on any atom is 0.213 e. The van der Waals surface area contributed by atoms with E-state index in [1.807, 2.05) is 12.1 Å². The molecule has 3 aromatic rings. The lowest BCUT2D eigenvalue weighted by atomic mass is 10.1. The molecule has 1 aliphatic rings. The minimum Gasteiger partial charge on any atom is -1.00 e. The van der Waals surface area contributed by atoms with Crippen molar-refractivity contribution >= 4 is 46.0 Å². The molecule has 0 unspecified atom stereocenters. The fourth-order valence-electron chi connectivity index (χ4n) is 3.12. The molecule has 0 spiro atoms. The zero-order valence-corrected chi connectivity index (χ0v) is 17.8.